The van der Waals surface area contributed by atoms with Crippen LogP contribution in [0.15, 0.2) is 18.3 Å². The van der Waals surface area contributed by atoms with E-state index in [-0.39, 0.29) is 40.8 Å². The van der Waals surface area contributed by atoms with Gasteiger partial charge in [0.2, 0.25) is 5.95 Å². The van der Waals surface area contributed by atoms with E-state index in [1.54, 1.807) is 0 Å². The summed E-state index contributed by atoms with van der Waals surface area (Å²) in [7, 11) is -3.00. The lowest BCUT2D eigenvalue weighted by atomic mass is 9.96. The van der Waals surface area contributed by atoms with Crippen molar-refractivity contribution in [3.63, 3.8) is 0 Å². The average molecular weight is 532 g/mol. The Morgan fingerprint density at radius 3 is 2.54 bits per heavy atom. The van der Waals surface area contributed by atoms with Crippen molar-refractivity contribution in [3.8, 4) is 0 Å². The molecule has 0 aromatic carbocycles. The van der Waals surface area contributed by atoms with Crippen LogP contribution in [-0.2, 0) is 9.84 Å². The van der Waals surface area contributed by atoms with Crippen molar-refractivity contribution in [1.82, 2.24) is 20.3 Å². The zero-order chi connectivity index (χ0) is 26.7. The van der Waals surface area contributed by atoms with Crippen LogP contribution in [0.1, 0.15) is 73.1 Å². The zero-order valence-corrected chi connectivity index (χ0v) is 21.8. The number of amides is 2. The van der Waals surface area contributed by atoms with Crippen LogP contribution in [0.3, 0.4) is 0 Å². The summed E-state index contributed by atoms with van der Waals surface area (Å²) < 4.78 is 23.8. The number of hydrogen-bond donors (Lipinski definition) is 4. The maximum atomic E-state index is 12.2. The lowest BCUT2D eigenvalue weighted by Crippen LogP contribution is -2.48. The number of pyridine rings is 1. The third-order valence-corrected chi connectivity index (χ3v) is 8.48. The molecule has 2 aromatic rings. The summed E-state index contributed by atoms with van der Waals surface area (Å²) in [5.41, 5.74) is 8.03. The van der Waals surface area contributed by atoms with Crippen molar-refractivity contribution in [2.24, 2.45) is 5.73 Å². The Balaban J connectivity index is 1.64. The number of primary amides is 1. The number of carbonyl (C=O) groups excluding carboxylic acids is 1. The molecule has 12 nitrogen and oxygen atoms in total. The van der Waals surface area contributed by atoms with Gasteiger partial charge in [-0.1, -0.05) is 13.8 Å². The molecule has 4 rings (SSSR count). The molecule has 37 heavy (non-hydrogen) atoms. The van der Waals surface area contributed by atoms with Gasteiger partial charge in [0.25, 0.3) is 5.91 Å². The SMILES string of the molecule is CC(C)c1cc(Nc2nc(N3CCC[C@H](NC(=O)O)C3)ncc2C(N)=O)cc(C2CCS(=O)(=O)CC2)n1. The van der Waals surface area contributed by atoms with Crippen LogP contribution in [0, 0.1) is 0 Å². The molecule has 13 heteroatoms. The molecule has 2 aromatic heterocycles. The number of anilines is 3. The van der Waals surface area contributed by atoms with Gasteiger partial charge in [0.05, 0.1) is 11.5 Å². The van der Waals surface area contributed by atoms with Crippen LogP contribution in [-0.4, -0.2) is 71.1 Å². The van der Waals surface area contributed by atoms with Crippen LogP contribution in [0.25, 0.3) is 0 Å². The normalized spacial score (nSPS) is 20.0. The van der Waals surface area contributed by atoms with E-state index in [0.29, 0.717) is 44.0 Å². The van der Waals surface area contributed by atoms with Gasteiger partial charge in [-0.15, -0.1) is 0 Å². The lowest BCUT2D eigenvalue weighted by molar-refractivity contribution is 0.100. The quantitative estimate of drug-likeness (QED) is 0.414. The van der Waals surface area contributed by atoms with Gasteiger partial charge >= 0.3 is 6.09 Å². The molecule has 0 saturated carbocycles. The van der Waals surface area contributed by atoms with E-state index >= 15 is 0 Å². The number of piperidine rings is 1. The van der Waals surface area contributed by atoms with E-state index in [1.165, 1.54) is 6.20 Å². The Labute approximate surface area is 216 Å². The largest absolute Gasteiger partial charge is 0.465 e. The molecule has 2 fully saturated rings. The summed E-state index contributed by atoms with van der Waals surface area (Å²) in [5, 5.41) is 14.8. The summed E-state index contributed by atoms with van der Waals surface area (Å²) in [5.74, 6) is 0.339. The molecule has 5 N–H and O–H groups in total. The predicted molar refractivity (Wildman–Crippen MR) is 139 cm³/mol. The van der Waals surface area contributed by atoms with E-state index in [0.717, 1.165) is 17.8 Å². The first-order valence-corrected chi connectivity index (χ1v) is 14.2. The third kappa shape index (κ3) is 6.64. The van der Waals surface area contributed by atoms with Crippen molar-refractivity contribution in [3.05, 3.63) is 35.3 Å². The Bertz CT molecular complexity index is 1270. The van der Waals surface area contributed by atoms with Gasteiger partial charge in [0.15, 0.2) is 0 Å². The topological polar surface area (TPSA) is 180 Å². The van der Waals surface area contributed by atoms with Crippen LogP contribution >= 0.6 is 0 Å². The number of sulfone groups is 1. The summed E-state index contributed by atoms with van der Waals surface area (Å²) in [6.07, 6.45) is 2.80. The second kappa shape index (κ2) is 10.9. The maximum absolute atomic E-state index is 12.2. The van der Waals surface area contributed by atoms with E-state index in [4.69, 9.17) is 15.8 Å². The summed E-state index contributed by atoms with van der Waals surface area (Å²) >= 11 is 0. The van der Waals surface area contributed by atoms with Gasteiger partial charge in [0.1, 0.15) is 21.2 Å². The molecule has 2 saturated heterocycles. The van der Waals surface area contributed by atoms with Gasteiger partial charge in [-0.05, 0) is 43.7 Å². The van der Waals surface area contributed by atoms with Crippen molar-refractivity contribution < 1.29 is 23.1 Å². The van der Waals surface area contributed by atoms with Gasteiger partial charge in [0, 0.05) is 48.3 Å². The Kier molecular flexibility index (Phi) is 7.81. The first kappa shape index (κ1) is 26.6. The number of nitrogens with zero attached hydrogens (tertiary/aromatic N) is 4. The van der Waals surface area contributed by atoms with E-state index < -0.39 is 21.8 Å². The van der Waals surface area contributed by atoms with Crippen LogP contribution < -0.4 is 21.3 Å². The number of nitrogens with two attached hydrogens (primary N) is 1. The Morgan fingerprint density at radius 2 is 1.89 bits per heavy atom. The molecule has 0 aliphatic carbocycles. The minimum Gasteiger partial charge on any atom is -0.465 e. The number of carboxylic acid groups (broad SMARTS) is 1. The third-order valence-electron chi connectivity index (χ3n) is 6.77. The molecule has 2 aliphatic rings. The molecule has 0 spiro atoms. The number of aromatic nitrogens is 3. The molecule has 2 amide bonds. The number of hydrogen-bond acceptors (Lipinski definition) is 9. The summed E-state index contributed by atoms with van der Waals surface area (Å²) in [6, 6.07) is 3.50. The molecule has 200 valence electrons. The van der Waals surface area contributed by atoms with Crippen LogP contribution in [0.5, 0.6) is 0 Å². The number of rotatable bonds is 7. The first-order valence-electron chi connectivity index (χ1n) is 12.4. The van der Waals surface area contributed by atoms with E-state index in [9.17, 15) is 18.0 Å². The highest BCUT2D eigenvalue weighted by Gasteiger charge is 2.27. The molecule has 1 atom stereocenters. The van der Waals surface area contributed by atoms with Crippen molar-refractivity contribution in [2.75, 3.05) is 34.8 Å². The van der Waals surface area contributed by atoms with Gasteiger partial charge < -0.3 is 26.4 Å². The highest BCUT2D eigenvalue weighted by Crippen LogP contribution is 2.32. The highest BCUT2D eigenvalue weighted by molar-refractivity contribution is 7.91. The Hall–Kier alpha value is -3.48. The zero-order valence-electron chi connectivity index (χ0n) is 21.0. The van der Waals surface area contributed by atoms with E-state index in [1.807, 2.05) is 30.9 Å². The number of carbonyl (C=O) groups is 2. The second-order valence-corrected chi connectivity index (χ2v) is 12.2. The summed E-state index contributed by atoms with van der Waals surface area (Å²) in [6.45, 7) is 5.10. The van der Waals surface area contributed by atoms with Crippen LogP contribution in [0.4, 0.5) is 22.2 Å². The standard InChI is InChI=1S/C24H33N7O5S/c1-14(2)19-10-17(11-20(29-19)15-5-8-37(35,36)9-6-15)27-22-18(21(25)32)12-26-23(30-22)31-7-3-4-16(13-31)28-24(33)34/h10-12,14-16,28H,3-9,13H2,1-2H3,(H2,25,32)(H,33,34)(H,26,27,29,30)/t16-/m0/s1. The monoisotopic (exact) mass is 531 g/mol. The summed E-state index contributed by atoms with van der Waals surface area (Å²) in [4.78, 5) is 38.8. The lowest BCUT2D eigenvalue weighted by Gasteiger charge is -2.32. The predicted octanol–water partition coefficient (Wildman–Crippen LogP) is 2.37. The number of nitrogens with one attached hydrogen (secondary N) is 2. The van der Waals surface area contributed by atoms with E-state index in [2.05, 4.69) is 20.6 Å². The molecule has 4 heterocycles. The second-order valence-electron chi connectivity index (χ2n) is 9.94. The maximum Gasteiger partial charge on any atom is 0.404 e. The van der Waals surface area contributed by atoms with Crippen LogP contribution in [0.2, 0.25) is 0 Å². The van der Waals surface area contributed by atoms with Gasteiger partial charge in [-0.3, -0.25) is 9.78 Å². The van der Waals surface area contributed by atoms with Crippen molar-refractivity contribution in [1.29, 1.82) is 0 Å². The fraction of sp³-hybridized carbons (Fsp3) is 0.542. The molecule has 0 radical (unpaired) electrons. The minimum atomic E-state index is -3.00. The smallest absolute Gasteiger partial charge is 0.404 e. The Morgan fingerprint density at radius 1 is 1.16 bits per heavy atom. The highest BCUT2D eigenvalue weighted by atomic mass is 32.2. The first-order chi connectivity index (χ1) is 17.5. The molecule has 2 aliphatic heterocycles. The van der Waals surface area contributed by atoms with Crippen molar-refractivity contribution in [2.45, 2.75) is 57.4 Å². The molecule has 0 bridgehead atoms. The fourth-order valence-electron chi connectivity index (χ4n) is 4.73. The van der Waals surface area contributed by atoms with Gasteiger partial charge in [-0.2, -0.15) is 4.98 Å². The molecule has 0 unspecified atom stereocenters. The molecular weight excluding hydrogens is 498 g/mol. The van der Waals surface area contributed by atoms with Gasteiger partial charge in [-0.25, -0.2) is 18.2 Å². The minimum absolute atomic E-state index is 0.0198. The van der Waals surface area contributed by atoms with Crippen molar-refractivity contribution >= 4 is 39.3 Å². The average Bonchev–Trinajstić information content (AvgIpc) is 2.83. The molecular formula is C24H33N7O5S. The fourth-order valence-corrected chi connectivity index (χ4v) is 6.22.